The second kappa shape index (κ2) is 3.56. The SMILES string of the molecule is Cc1cnc2c(P(C)(C)=O)c(N)ccc2n1. The van der Waals surface area contributed by atoms with Crippen LogP contribution in [-0.2, 0) is 4.57 Å². The van der Waals surface area contributed by atoms with Crippen LogP contribution in [0, 0.1) is 6.92 Å². The van der Waals surface area contributed by atoms with E-state index < -0.39 is 7.14 Å². The highest BCUT2D eigenvalue weighted by molar-refractivity contribution is 7.71. The van der Waals surface area contributed by atoms with Gasteiger partial charge in [0.05, 0.1) is 16.5 Å². The minimum Gasteiger partial charge on any atom is -0.398 e. The first-order valence-electron chi connectivity index (χ1n) is 4.97. The molecule has 0 aliphatic rings. The minimum absolute atomic E-state index is 0.527. The summed E-state index contributed by atoms with van der Waals surface area (Å²) in [4.78, 5) is 8.65. The smallest absolute Gasteiger partial charge is 0.114 e. The molecular weight excluding hydrogens is 221 g/mol. The number of rotatable bonds is 1. The maximum atomic E-state index is 12.2. The van der Waals surface area contributed by atoms with E-state index in [1.165, 1.54) is 0 Å². The number of nitrogen functional groups attached to an aromatic ring is 1. The molecule has 84 valence electrons. The van der Waals surface area contributed by atoms with Crippen LogP contribution in [0.1, 0.15) is 5.69 Å². The molecular formula is C11H14N3OP. The predicted molar refractivity (Wildman–Crippen MR) is 67.8 cm³/mol. The van der Waals surface area contributed by atoms with E-state index in [1.54, 1.807) is 25.6 Å². The number of aryl methyl sites for hydroxylation is 1. The van der Waals surface area contributed by atoms with Crippen molar-refractivity contribution >= 4 is 29.2 Å². The van der Waals surface area contributed by atoms with Gasteiger partial charge in [0.15, 0.2) is 0 Å². The van der Waals surface area contributed by atoms with Crippen molar-refractivity contribution in [3.8, 4) is 0 Å². The molecule has 16 heavy (non-hydrogen) atoms. The average molecular weight is 235 g/mol. The van der Waals surface area contributed by atoms with Gasteiger partial charge in [0.2, 0.25) is 0 Å². The van der Waals surface area contributed by atoms with Gasteiger partial charge in [-0.05, 0) is 32.4 Å². The van der Waals surface area contributed by atoms with E-state index in [0.29, 0.717) is 16.5 Å². The number of fused-ring (bicyclic) bond motifs is 1. The zero-order chi connectivity index (χ0) is 11.9. The lowest BCUT2D eigenvalue weighted by atomic mass is 10.2. The molecule has 0 unspecified atom stereocenters. The van der Waals surface area contributed by atoms with E-state index in [0.717, 1.165) is 11.2 Å². The fraction of sp³-hybridized carbons (Fsp3) is 0.273. The molecule has 0 spiro atoms. The first-order valence-corrected chi connectivity index (χ1v) is 7.57. The number of nitrogens with zero attached hydrogens (tertiary/aromatic N) is 2. The molecule has 0 atom stereocenters. The van der Waals surface area contributed by atoms with Crippen LogP contribution >= 0.6 is 7.14 Å². The van der Waals surface area contributed by atoms with Crippen LogP contribution in [0.3, 0.4) is 0 Å². The zero-order valence-corrected chi connectivity index (χ0v) is 10.5. The van der Waals surface area contributed by atoms with Crippen molar-refractivity contribution in [2.75, 3.05) is 19.1 Å². The van der Waals surface area contributed by atoms with Crippen molar-refractivity contribution in [2.45, 2.75) is 6.92 Å². The molecule has 0 radical (unpaired) electrons. The van der Waals surface area contributed by atoms with Crippen LogP contribution in [0.5, 0.6) is 0 Å². The van der Waals surface area contributed by atoms with Crippen molar-refractivity contribution in [2.24, 2.45) is 0 Å². The summed E-state index contributed by atoms with van der Waals surface area (Å²) in [7, 11) is -2.44. The van der Waals surface area contributed by atoms with Crippen molar-refractivity contribution in [1.29, 1.82) is 0 Å². The van der Waals surface area contributed by atoms with E-state index in [-0.39, 0.29) is 0 Å². The monoisotopic (exact) mass is 235 g/mol. The molecule has 2 rings (SSSR count). The highest BCUT2D eigenvalue weighted by Crippen LogP contribution is 2.39. The van der Waals surface area contributed by atoms with Gasteiger partial charge in [-0.25, -0.2) is 4.98 Å². The Labute approximate surface area is 94.3 Å². The lowest BCUT2D eigenvalue weighted by molar-refractivity contribution is 0.588. The number of hydrogen-bond donors (Lipinski definition) is 1. The maximum Gasteiger partial charge on any atom is 0.114 e. The summed E-state index contributed by atoms with van der Waals surface area (Å²) >= 11 is 0. The summed E-state index contributed by atoms with van der Waals surface area (Å²) in [5.74, 6) is 0. The van der Waals surface area contributed by atoms with Gasteiger partial charge in [-0.1, -0.05) is 0 Å². The molecule has 0 saturated carbocycles. The predicted octanol–water partition coefficient (Wildman–Crippen LogP) is 1.77. The third kappa shape index (κ3) is 1.81. The van der Waals surface area contributed by atoms with Gasteiger partial charge in [0, 0.05) is 11.9 Å². The van der Waals surface area contributed by atoms with E-state index >= 15 is 0 Å². The van der Waals surface area contributed by atoms with Crippen LogP contribution in [0.4, 0.5) is 5.69 Å². The molecule has 0 aliphatic carbocycles. The molecule has 0 amide bonds. The molecule has 1 aromatic heterocycles. The number of nitrogens with two attached hydrogens (primary N) is 1. The van der Waals surface area contributed by atoms with Crippen molar-refractivity contribution in [3.05, 3.63) is 24.0 Å². The Bertz CT molecular complexity index is 603. The fourth-order valence-corrected chi connectivity index (χ4v) is 3.12. The molecule has 1 heterocycles. The summed E-state index contributed by atoms with van der Waals surface area (Å²) in [5, 5.41) is 0.637. The minimum atomic E-state index is -2.44. The van der Waals surface area contributed by atoms with Crippen LogP contribution < -0.4 is 11.0 Å². The Morgan fingerprint density at radius 2 is 2.00 bits per heavy atom. The van der Waals surface area contributed by atoms with Crippen LogP contribution in [0.25, 0.3) is 11.0 Å². The van der Waals surface area contributed by atoms with Gasteiger partial charge in [0.1, 0.15) is 12.7 Å². The molecule has 0 bridgehead atoms. The Kier molecular flexibility index (Phi) is 2.47. The molecule has 2 N–H and O–H groups in total. The second-order valence-corrected chi connectivity index (χ2v) is 7.38. The molecule has 0 saturated heterocycles. The van der Waals surface area contributed by atoms with Gasteiger partial charge in [-0.15, -0.1) is 0 Å². The standard InChI is InChI=1S/C11H14N3OP/c1-7-6-13-10-9(14-7)5-4-8(12)11(10)16(2,3)15/h4-6H,12H2,1-3H3. The summed E-state index contributed by atoms with van der Waals surface area (Å²) in [6.07, 6.45) is 1.67. The molecule has 5 heteroatoms. The number of benzene rings is 1. The summed E-state index contributed by atoms with van der Waals surface area (Å²) in [6.45, 7) is 5.26. The van der Waals surface area contributed by atoms with Crippen LogP contribution in [0.2, 0.25) is 0 Å². The Balaban J connectivity index is 2.91. The Morgan fingerprint density at radius 1 is 1.31 bits per heavy atom. The topological polar surface area (TPSA) is 68.9 Å². The normalized spacial score (nSPS) is 11.9. The largest absolute Gasteiger partial charge is 0.398 e. The average Bonchev–Trinajstić information content (AvgIpc) is 2.16. The molecule has 0 aliphatic heterocycles. The quantitative estimate of drug-likeness (QED) is 0.604. The van der Waals surface area contributed by atoms with E-state index in [1.807, 2.05) is 13.0 Å². The van der Waals surface area contributed by atoms with Gasteiger partial charge in [-0.3, -0.25) is 4.98 Å². The first kappa shape index (κ1) is 11.1. The van der Waals surface area contributed by atoms with E-state index in [9.17, 15) is 4.57 Å². The number of aromatic nitrogens is 2. The van der Waals surface area contributed by atoms with E-state index in [2.05, 4.69) is 9.97 Å². The van der Waals surface area contributed by atoms with Gasteiger partial charge in [-0.2, -0.15) is 0 Å². The number of hydrogen-bond acceptors (Lipinski definition) is 4. The van der Waals surface area contributed by atoms with Gasteiger partial charge in [0.25, 0.3) is 0 Å². The zero-order valence-electron chi connectivity index (χ0n) is 9.56. The maximum absolute atomic E-state index is 12.2. The van der Waals surface area contributed by atoms with E-state index in [4.69, 9.17) is 5.73 Å². The fourth-order valence-electron chi connectivity index (χ4n) is 1.74. The van der Waals surface area contributed by atoms with Crippen molar-refractivity contribution in [3.63, 3.8) is 0 Å². The Morgan fingerprint density at radius 3 is 2.62 bits per heavy atom. The molecule has 0 fully saturated rings. The van der Waals surface area contributed by atoms with Gasteiger partial charge < -0.3 is 10.3 Å². The second-order valence-electron chi connectivity index (χ2n) is 4.23. The van der Waals surface area contributed by atoms with Gasteiger partial charge >= 0.3 is 0 Å². The van der Waals surface area contributed by atoms with Crippen LogP contribution in [-0.4, -0.2) is 23.3 Å². The molecule has 2 aromatic rings. The lowest BCUT2D eigenvalue weighted by Crippen LogP contribution is -2.13. The summed E-state index contributed by atoms with van der Waals surface area (Å²) < 4.78 is 12.2. The third-order valence-corrected chi connectivity index (χ3v) is 3.92. The third-order valence-electron chi connectivity index (χ3n) is 2.38. The Hall–Kier alpha value is -1.41. The molecule has 4 nitrogen and oxygen atoms in total. The summed E-state index contributed by atoms with van der Waals surface area (Å²) in [5.41, 5.74) is 8.63. The number of anilines is 1. The van der Waals surface area contributed by atoms with Crippen molar-refractivity contribution < 1.29 is 4.57 Å². The van der Waals surface area contributed by atoms with Crippen molar-refractivity contribution in [1.82, 2.24) is 9.97 Å². The highest BCUT2D eigenvalue weighted by Gasteiger charge is 2.19. The first-order chi connectivity index (χ1) is 7.39. The van der Waals surface area contributed by atoms with Crippen LogP contribution in [0.15, 0.2) is 18.3 Å². The lowest BCUT2D eigenvalue weighted by Gasteiger charge is -2.12. The molecule has 1 aromatic carbocycles. The summed E-state index contributed by atoms with van der Waals surface area (Å²) in [6, 6.07) is 3.55. The highest BCUT2D eigenvalue weighted by atomic mass is 31.2.